The summed E-state index contributed by atoms with van der Waals surface area (Å²) in [4.78, 5) is 11.7. The second kappa shape index (κ2) is 5.69. The fourth-order valence-electron chi connectivity index (χ4n) is 1.54. The van der Waals surface area contributed by atoms with Crippen LogP contribution < -0.4 is 0 Å². The van der Waals surface area contributed by atoms with Crippen LogP contribution in [0.2, 0.25) is 0 Å². The minimum atomic E-state index is 0.355. The maximum atomic E-state index is 11.7. The molecular formula is C14H20O. The van der Waals surface area contributed by atoms with Crippen LogP contribution in [0.25, 0.3) is 0 Å². The van der Waals surface area contributed by atoms with E-state index in [1.165, 1.54) is 5.56 Å². The van der Waals surface area contributed by atoms with Crippen molar-refractivity contribution < 1.29 is 4.79 Å². The molecular weight excluding hydrogens is 184 g/mol. The molecule has 82 valence electrons. The molecule has 0 aromatic heterocycles. The molecule has 0 saturated heterocycles. The Hall–Kier alpha value is -1.11. The van der Waals surface area contributed by atoms with E-state index >= 15 is 0 Å². The molecule has 1 heteroatoms. The monoisotopic (exact) mass is 204 g/mol. The van der Waals surface area contributed by atoms with Gasteiger partial charge in [-0.05, 0) is 18.4 Å². The second-order valence-corrected chi connectivity index (χ2v) is 4.42. The van der Waals surface area contributed by atoms with Crippen LogP contribution in [0, 0.1) is 12.8 Å². The van der Waals surface area contributed by atoms with Gasteiger partial charge in [0.2, 0.25) is 0 Å². The SMILES string of the molecule is CCC(C)CC(=O)Cc1ccc(C)cc1. The Kier molecular flexibility index (Phi) is 4.54. The lowest BCUT2D eigenvalue weighted by Gasteiger charge is -2.07. The van der Waals surface area contributed by atoms with E-state index in [-0.39, 0.29) is 0 Å². The van der Waals surface area contributed by atoms with Crippen LogP contribution in [0.1, 0.15) is 37.8 Å². The molecule has 1 aromatic carbocycles. The van der Waals surface area contributed by atoms with E-state index in [0.717, 1.165) is 12.0 Å². The first-order valence-corrected chi connectivity index (χ1v) is 5.69. The highest BCUT2D eigenvalue weighted by Crippen LogP contribution is 2.11. The minimum Gasteiger partial charge on any atom is -0.299 e. The molecule has 0 aliphatic carbocycles. The van der Waals surface area contributed by atoms with Crippen molar-refractivity contribution in [2.24, 2.45) is 5.92 Å². The summed E-state index contributed by atoms with van der Waals surface area (Å²) in [5.74, 6) is 0.871. The molecule has 1 rings (SSSR count). The first-order chi connectivity index (χ1) is 7.11. The largest absolute Gasteiger partial charge is 0.299 e. The second-order valence-electron chi connectivity index (χ2n) is 4.42. The smallest absolute Gasteiger partial charge is 0.137 e. The van der Waals surface area contributed by atoms with Crippen molar-refractivity contribution in [3.63, 3.8) is 0 Å². The van der Waals surface area contributed by atoms with E-state index in [4.69, 9.17) is 0 Å². The first kappa shape index (κ1) is 12.0. The van der Waals surface area contributed by atoms with E-state index < -0.39 is 0 Å². The topological polar surface area (TPSA) is 17.1 Å². The lowest BCUT2D eigenvalue weighted by Crippen LogP contribution is -2.07. The van der Waals surface area contributed by atoms with Crippen molar-refractivity contribution in [2.75, 3.05) is 0 Å². The van der Waals surface area contributed by atoms with Crippen molar-refractivity contribution in [1.82, 2.24) is 0 Å². The van der Waals surface area contributed by atoms with E-state index in [2.05, 4.69) is 32.9 Å². The summed E-state index contributed by atoms with van der Waals surface area (Å²) in [7, 11) is 0. The molecule has 0 bridgehead atoms. The Morgan fingerprint density at radius 2 is 1.87 bits per heavy atom. The van der Waals surface area contributed by atoms with Crippen LogP contribution in [0.3, 0.4) is 0 Å². The zero-order valence-electron chi connectivity index (χ0n) is 9.92. The van der Waals surface area contributed by atoms with Crippen LogP contribution in [-0.4, -0.2) is 5.78 Å². The van der Waals surface area contributed by atoms with Gasteiger partial charge in [0.1, 0.15) is 5.78 Å². The number of hydrogen-bond acceptors (Lipinski definition) is 1. The maximum Gasteiger partial charge on any atom is 0.137 e. The minimum absolute atomic E-state index is 0.355. The summed E-state index contributed by atoms with van der Waals surface area (Å²) in [6.07, 6.45) is 2.38. The maximum absolute atomic E-state index is 11.7. The number of ketones is 1. The Morgan fingerprint density at radius 3 is 2.40 bits per heavy atom. The number of carbonyl (C=O) groups excluding carboxylic acids is 1. The van der Waals surface area contributed by atoms with Gasteiger partial charge in [0, 0.05) is 12.8 Å². The number of hydrogen-bond donors (Lipinski definition) is 0. The number of carbonyl (C=O) groups is 1. The molecule has 0 amide bonds. The van der Waals surface area contributed by atoms with Gasteiger partial charge in [-0.15, -0.1) is 0 Å². The number of aryl methyl sites for hydroxylation is 1. The van der Waals surface area contributed by atoms with Crippen molar-refractivity contribution in [3.8, 4) is 0 Å². The van der Waals surface area contributed by atoms with Crippen LogP contribution in [0.5, 0.6) is 0 Å². The summed E-state index contributed by atoms with van der Waals surface area (Å²) < 4.78 is 0. The van der Waals surface area contributed by atoms with E-state index in [0.29, 0.717) is 24.5 Å². The highest BCUT2D eigenvalue weighted by Gasteiger charge is 2.07. The van der Waals surface area contributed by atoms with Crippen LogP contribution >= 0.6 is 0 Å². The summed E-state index contributed by atoms with van der Waals surface area (Å²) in [6, 6.07) is 8.21. The van der Waals surface area contributed by atoms with Crippen molar-refractivity contribution in [1.29, 1.82) is 0 Å². The zero-order chi connectivity index (χ0) is 11.3. The van der Waals surface area contributed by atoms with E-state index in [9.17, 15) is 4.79 Å². The lowest BCUT2D eigenvalue weighted by atomic mass is 9.98. The van der Waals surface area contributed by atoms with E-state index in [1.807, 2.05) is 12.1 Å². The molecule has 0 N–H and O–H groups in total. The van der Waals surface area contributed by atoms with Crippen molar-refractivity contribution >= 4 is 5.78 Å². The van der Waals surface area contributed by atoms with Crippen LogP contribution in [0.15, 0.2) is 24.3 Å². The lowest BCUT2D eigenvalue weighted by molar-refractivity contribution is -0.119. The Balaban J connectivity index is 2.48. The van der Waals surface area contributed by atoms with Crippen molar-refractivity contribution in [2.45, 2.75) is 40.0 Å². The number of benzene rings is 1. The number of rotatable bonds is 5. The third kappa shape index (κ3) is 4.28. The molecule has 1 aromatic rings. The fraction of sp³-hybridized carbons (Fsp3) is 0.500. The Labute approximate surface area is 92.5 Å². The van der Waals surface area contributed by atoms with Gasteiger partial charge in [-0.1, -0.05) is 50.1 Å². The third-order valence-electron chi connectivity index (χ3n) is 2.79. The molecule has 0 aliphatic heterocycles. The number of Topliss-reactive ketones (excluding diaryl/α,β-unsaturated/α-hetero) is 1. The molecule has 0 fully saturated rings. The molecule has 0 aliphatic rings. The predicted molar refractivity (Wildman–Crippen MR) is 64.0 cm³/mol. The molecule has 0 spiro atoms. The van der Waals surface area contributed by atoms with Gasteiger partial charge < -0.3 is 0 Å². The van der Waals surface area contributed by atoms with Gasteiger partial charge in [-0.3, -0.25) is 4.79 Å². The van der Waals surface area contributed by atoms with Crippen molar-refractivity contribution in [3.05, 3.63) is 35.4 Å². The quantitative estimate of drug-likeness (QED) is 0.717. The fourth-order valence-corrected chi connectivity index (χ4v) is 1.54. The van der Waals surface area contributed by atoms with Gasteiger partial charge in [0.15, 0.2) is 0 Å². The molecule has 0 heterocycles. The average molecular weight is 204 g/mol. The zero-order valence-corrected chi connectivity index (χ0v) is 9.92. The standard InChI is InChI=1S/C14H20O/c1-4-11(2)9-14(15)10-13-7-5-12(3)6-8-13/h5-8,11H,4,9-10H2,1-3H3. The van der Waals surface area contributed by atoms with E-state index in [1.54, 1.807) is 0 Å². The first-order valence-electron chi connectivity index (χ1n) is 5.69. The normalized spacial score (nSPS) is 12.5. The third-order valence-corrected chi connectivity index (χ3v) is 2.79. The molecule has 0 radical (unpaired) electrons. The molecule has 1 unspecified atom stereocenters. The summed E-state index contributed by atoms with van der Waals surface area (Å²) in [5.41, 5.74) is 2.38. The van der Waals surface area contributed by atoms with Gasteiger partial charge in [0.25, 0.3) is 0 Å². The molecule has 1 atom stereocenters. The highest BCUT2D eigenvalue weighted by molar-refractivity contribution is 5.81. The van der Waals surface area contributed by atoms with Crippen LogP contribution in [0.4, 0.5) is 0 Å². The van der Waals surface area contributed by atoms with Crippen LogP contribution in [-0.2, 0) is 11.2 Å². The van der Waals surface area contributed by atoms with Gasteiger partial charge in [-0.2, -0.15) is 0 Å². The molecule has 0 saturated carbocycles. The Morgan fingerprint density at radius 1 is 1.27 bits per heavy atom. The summed E-state index contributed by atoms with van der Waals surface area (Å²) in [6.45, 7) is 6.32. The predicted octanol–water partition coefficient (Wildman–Crippen LogP) is 3.54. The highest BCUT2D eigenvalue weighted by atomic mass is 16.1. The Bertz CT molecular complexity index is 311. The summed E-state index contributed by atoms with van der Waals surface area (Å²) >= 11 is 0. The molecule has 1 nitrogen and oxygen atoms in total. The van der Waals surface area contributed by atoms with Gasteiger partial charge >= 0.3 is 0 Å². The average Bonchev–Trinajstić information content (AvgIpc) is 2.21. The summed E-state index contributed by atoms with van der Waals surface area (Å²) in [5, 5.41) is 0. The molecule has 15 heavy (non-hydrogen) atoms. The van der Waals surface area contributed by atoms with Gasteiger partial charge in [0.05, 0.1) is 0 Å². The van der Waals surface area contributed by atoms with Gasteiger partial charge in [-0.25, -0.2) is 0 Å².